The molecule has 0 bridgehead atoms. The lowest BCUT2D eigenvalue weighted by atomic mass is 9.81. The van der Waals surface area contributed by atoms with Crippen LogP contribution in [0.4, 0.5) is 17.1 Å². The fourth-order valence-electron chi connectivity index (χ4n) is 9.75. The Balaban J connectivity index is 1.04. The van der Waals surface area contributed by atoms with Crippen molar-refractivity contribution in [3.63, 3.8) is 0 Å². The first kappa shape index (κ1) is 34.3. The predicted octanol–water partition coefficient (Wildman–Crippen LogP) is 15.7. The summed E-state index contributed by atoms with van der Waals surface area (Å²) < 4.78 is 0. The summed E-state index contributed by atoms with van der Waals surface area (Å²) in [5.74, 6) is 0. The molecule has 276 valence electrons. The highest BCUT2D eigenvalue weighted by Gasteiger charge is 2.35. The van der Waals surface area contributed by atoms with Gasteiger partial charge in [-0.1, -0.05) is 172 Å². The Bertz CT molecular complexity index is 3080. The molecular formula is C57H43N. The molecule has 0 radical (unpaired) electrons. The summed E-state index contributed by atoms with van der Waals surface area (Å²) in [5.41, 5.74) is 19.0. The molecule has 11 rings (SSSR count). The minimum atomic E-state index is -0.0409. The molecule has 0 aliphatic heterocycles. The number of fused-ring (bicyclic) bond motifs is 7. The van der Waals surface area contributed by atoms with E-state index >= 15 is 0 Å². The van der Waals surface area contributed by atoms with Crippen LogP contribution in [0.1, 0.15) is 42.5 Å². The standard InChI is InChI=1S/C57H43N/c1-57(2)54-27-10-9-24-51(54)52-33-30-42(36-55(52)57)38-28-31-45(32-29-38)58(56-37-44-15-4-6-22-49(44)50-23-7-8-25-53(50)56)46-20-12-18-41(35-46)40-17-11-19-43(34-40)48-26-13-16-39-14-3-5-21-47(39)48/h3,5-14,16-37H,4,15H2,1-2H3. The molecule has 0 aromatic heterocycles. The molecule has 9 aromatic carbocycles. The highest BCUT2D eigenvalue weighted by atomic mass is 15.1. The summed E-state index contributed by atoms with van der Waals surface area (Å²) >= 11 is 0. The van der Waals surface area contributed by atoms with Gasteiger partial charge in [-0.3, -0.25) is 0 Å². The maximum atomic E-state index is 2.48. The molecule has 0 saturated heterocycles. The fraction of sp³-hybridized carbons (Fsp3) is 0.0877. The molecule has 0 amide bonds. The zero-order chi connectivity index (χ0) is 38.8. The normalized spacial score (nSPS) is 13.6. The number of nitrogens with zero attached hydrogens (tertiary/aromatic N) is 1. The third-order valence-electron chi connectivity index (χ3n) is 12.7. The Morgan fingerprint density at radius 3 is 1.95 bits per heavy atom. The quantitative estimate of drug-likeness (QED) is 0.164. The van der Waals surface area contributed by atoms with Crippen molar-refractivity contribution in [3.8, 4) is 44.5 Å². The molecule has 9 aromatic rings. The van der Waals surface area contributed by atoms with E-state index in [1.165, 1.54) is 94.0 Å². The van der Waals surface area contributed by atoms with Gasteiger partial charge in [0.25, 0.3) is 0 Å². The number of hydrogen-bond acceptors (Lipinski definition) is 1. The van der Waals surface area contributed by atoms with Crippen molar-refractivity contribution in [3.05, 3.63) is 216 Å². The van der Waals surface area contributed by atoms with Gasteiger partial charge in [0, 0.05) is 22.2 Å². The zero-order valence-corrected chi connectivity index (χ0v) is 32.9. The van der Waals surface area contributed by atoms with Gasteiger partial charge in [-0.2, -0.15) is 0 Å². The fourth-order valence-corrected chi connectivity index (χ4v) is 9.75. The van der Waals surface area contributed by atoms with Gasteiger partial charge < -0.3 is 4.90 Å². The number of rotatable bonds is 6. The van der Waals surface area contributed by atoms with Crippen LogP contribution >= 0.6 is 0 Å². The first-order chi connectivity index (χ1) is 28.5. The van der Waals surface area contributed by atoms with Gasteiger partial charge in [-0.15, -0.1) is 0 Å². The van der Waals surface area contributed by atoms with Crippen molar-refractivity contribution in [2.24, 2.45) is 0 Å². The van der Waals surface area contributed by atoms with Gasteiger partial charge >= 0.3 is 0 Å². The summed E-state index contributed by atoms with van der Waals surface area (Å²) in [7, 11) is 0. The second-order valence-corrected chi connectivity index (χ2v) is 16.4. The summed E-state index contributed by atoms with van der Waals surface area (Å²) in [6, 6.07) is 69.9. The Labute approximate surface area is 341 Å². The maximum absolute atomic E-state index is 2.48. The van der Waals surface area contributed by atoms with Crippen molar-refractivity contribution in [1.82, 2.24) is 0 Å². The van der Waals surface area contributed by atoms with E-state index in [0.29, 0.717) is 0 Å². The summed E-state index contributed by atoms with van der Waals surface area (Å²) in [4.78, 5) is 2.48. The van der Waals surface area contributed by atoms with Crippen molar-refractivity contribution in [2.75, 3.05) is 4.90 Å². The van der Waals surface area contributed by atoms with Crippen molar-refractivity contribution >= 4 is 44.7 Å². The minimum absolute atomic E-state index is 0.0409. The summed E-state index contributed by atoms with van der Waals surface area (Å²) in [6.07, 6.45) is 6.74. The van der Waals surface area contributed by atoms with E-state index in [1.807, 2.05) is 0 Å². The van der Waals surface area contributed by atoms with E-state index < -0.39 is 0 Å². The van der Waals surface area contributed by atoms with Crippen LogP contribution in [0.15, 0.2) is 194 Å². The van der Waals surface area contributed by atoms with Crippen LogP contribution in [-0.4, -0.2) is 0 Å². The third-order valence-corrected chi connectivity index (χ3v) is 12.7. The molecular weight excluding hydrogens is 699 g/mol. The van der Waals surface area contributed by atoms with Gasteiger partial charge in [0.2, 0.25) is 0 Å². The summed E-state index contributed by atoms with van der Waals surface area (Å²) in [6.45, 7) is 4.71. The van der Waals surface area contributed by atoms with Crippen LogP contribution in [0.3, 0.4) is 0 Å². The second-order valence-electron chi connectivity index (χ2n) is 16.4. The third kappa shape index (κ3) is 5.61. The molecule has 1 nitrogen and oxygen atoms in total. The van der Waals surface area contributed by atoms with Crippen LogP contribution in [0.25, 0.3) is 72.1 Å². The average molecular weight is 742 g/mol. The Hall–Kier alpha value is -6.96. The van der Waals surface area contributed by atoms with E-state index in [-0.39, 0.29) is 5.41 Å². The van der Waals surface area contributed by atoms with E-state index in [0.717, 1.165) is 24.2 Å². The topological polar surface area (TPSA) is 3.24 Å². The molecule has 2 aliphatic carbocycles. The van der Waals surface area contributed by atoms with Crippen molar-refractivity contribution in [2.45, 2.75) is 32.1 Å². The van der Waals surface area contributed by atoms with Crippen LogP contribution < -0.4 is 4.90 Å². The molecule has 0 saturated carbocycles. The maximum Gasteiger partial charge on any atom is 0.0543 e. The van der Waals surface area contributed by atoms with Crippen LogP contribution in [0, 0.1) is 0 Å². The highest BCUT2D eigenvalue weighted by molar-refractivity contribution is 6.04. The van der Waals surface area contributed by atoms with E-state index in [4.69, 9.17) is 0 Å². The van der Waals surface area contributed by atoms with Crippen LogP contribution in [0.5, 0.6) is 0 Å². The van der Waals surface area contributed by atoms with Gasteiger partial charge in [0.1, 0.15) is 0 Å². The summed E-state index contributed by atoms with van der Waals surface area (Å²) in [5, 5.41) is 5.08. The Kier molecular flexibility index (Phi) is 8.05. The minimum Gasteiger partial charge on any atom is -0.310 e. The monoisotopic (exact) mass is 741 g/mol. The molecule has 0 fully saturated rings. The van der Waals surface area contributed by atoms with Gasteiger partial charge in [-0.25, -0.2) is 0 Å². The molecule has 2 aliphatic rings. The predicted molar refractivity (Wildman–Crippen MR) is 247 cm³/mol. The number of allylic oxidation sites excluding steroid dienone is 1. The number of hydrogen-bond donors (Lipinski definition) is 0. The average Bonchev–Trinajstić information content (AvgIpc) is 3.52. The van der Waals surface area contributed by atoms with E-state index in [1.54, 1.807) is 0 Å². The van der Waals surface area contributed by atoms with Gasteiger partial charge in [0.15, 0.2) is 0 Å². The first-order valence-electron chi connectivity index (χ1n) is 20.6. The van der Waals surface area contributed by atoms with E-state index in [9.17, 15) is 0 Å². The van der Waals surface area contributed by atoms with Crippen molar-refractivity contribution < 1.29 is 0 Å². The molecule has 0 N–H and O–H groups in total. The molecule has 0 heterocycles. The van der Waals surface area contributed by atoms with Crippen molar-refractivity contribution in [1.29, 1.82) is 0 Å². The Morgan fingerprint density at radius 2 is 1.07 bits per heavy atom. The lowest BCUT2D eigenvalue weighted by Gasteiger charge is -2.29. The second kappa shape index (κ2) is 13.6. The Morgan fingerprint density at radius 1 is 0.431 bits per heavy atom. The number of benzene rings is 9. The van der Waals surface area contributed by atoms with Crippen LogP contribution in [0.2, 0.25) is 0 Å². The molecule has 0 unspecified atom stereocenters. The van der Waals surface area contributed by atoms with Crippen LogP contribution in [-0.2, 0) is 11.8 Å². The largest absolute Gasteiger partial charge is 0.310 e. The van der Waals surface area contributed by atoms with Gasteiger partial charge in [-0.05, 0) is 138 Å². The smallest absolute Gasteiger partial charge is 0.0543 e. The molecule has 0 atom stereocenters. The molecule has 58 heavy (non-hydrogen) atoms. The highest BCUT2D eigenvalue weighted by Crippen LogP contribution is 2.50. The van der Waals surface area contributed by atoms with Gasteiger partial charge in [0.05, 0.1) is 5.69 Å². The molecule has 0 spiro atoms. The zero-order valence-electron chi connectivity index (χ0n) is 32.9. The lowest BCUT2D eigenvalue weighted by Crippen LogP contribution is -2.14. The first-order valence-corrected chi connectivity index (χ1v) is 20.6. The number of aryl methyl sites for hydroxylation is 1. The number of anilines is 3. The lowest BCUT2D eigenvalue weighted by molar-refractivity contribution is 0.660. The molecule has 1 heteroatoms. The SMILES string of the molecule is CC1(C)c2ccccc2-c2ccc(-c3ccc(N(c4cccc(-c5cccc(-c6cccc7ccccc67)c5)c4)c4cc5c(c6ccccc46)C=CCC5)cc3)cc21. The van der Waals surface area contributed by atoms with E-state index in [2.05, 4.69) is 219 Å².